The van der Waals surface area contributed by atoms with Gasteiger partial charge in [0.2, 0.25) is 0 Å². The Bertz CT molecular complexity index is 612. The van der Waals surface area contributed by atoms with Crippen LogP contribution in [0.15, 0.2) is 18.2 Å². The number of carbonyl (C=O) groups is 1. The number of nitro groups is 1. The van der Waals surface area contributed by atoms with E-state index in [9.17, 15) is 19.3 Å². The van der Waals surface area contributed by atoms with Gasteiger partial charge in [-0.2, -0.15) is 0 Å². The summed E-state index contributed by atoms with van der Waals surface area (Å²) in [5, 5.41) is 13.1. The summed E-state index contributed by atoms with van der Waals surface area (Å²) in [6.07, 6.45) is -0.648. The van der Waals surface area contributed by atoms with Crippen LogP contribution in [0.1, 0.15) is 26.3 Å². The lowest BCUT2D eigenvalue weighted by atomic mass is 10.2. The minimum absolute atomic E-state index is 0.0500. The number of benzene rings is 1. The Morgan fingerprint density at radius 1 is 1.48 bits per heavy atom. The Morgan fingerprint density at radius 2 is 2.14 bits per heavy atom. The number of amides is 1. The number of halogens is 1. The van der Waals surface area contributed by atoms with Crippen molar-refractivity contribution in [3.05, 3.63) is 39.7 Å². The van der Waals surface area contributed by atoms with Gasteiger partial charge in [0.15, 0.2) is 0 Å². The Kier molecular flexibility index (Phi) is 5.24. The highest BCUT2D eigenvalue weighted by Crippen LogP contribution is 2.18. The van der Waals surface area contributed by atoms with E-state index in [4.69, 9.17) is 4.74 Å². The standard InChI is InChI=1S/C14H15FN2O4/c1-14(2,3)21-13(18)16-8-4-5-10-9-11(15)6-7-12(10)17(19)20/h6-7,9H,8H2,1-3H3,(H,16,18). The highest BCUT2D eigenvalue weighted by atomic mass is 19.1. The summed E-state index contributed by atoms with van der Waals surface area (Å²) in [6.45, 7) is 5.08. The zero-order valence-corrected chi connectivity index (χ0v) is 11.9. The average molecular weight is 294 g/mol. The third-order valence-corrected chi connectivity index (χ3v) is 2.10. The maximum Gasteiger partial charge on any atom is 0.408 e. The molecule has 0 aliphatic heterocycles. The molecule has 1 amide bonds. The fourth-order valence-corrected chi connectivity index (χ4v) is 1.34. The smallest absolute Gasteiger partial charge is 0.408 e. The molecule has 1 rings (SSSR count). The molecule has 1 N–H and O–H groups in total. The predicted molar refractivity (Wildman–Crippen MR) is 74.2 cm³/mol. The molecule has 0 heterocycles. The summed E-state index contributed by atoms with van der Waals surface area (Å²) < 4.78 is 18.0. The molecule has 0 aliphatic rings. The molecule has 0 saturated heterocycles. The molecule has 6 nitrogen and oxygen atoms in total. The van der Waals surface area contributed by atoms with E-state index in [0.717, 1.165) is 18.2 Å². The fraction of sp³-hybridized carbons (Fsp3) is 0.357. The van der Waals surface area contributed by atoms with Crippen LogP contribution in [0.5, 0.6) is 0 Å². The van der Waals surface area contributed by atoms with E-state index in [2.05, 4.69) is 17.2 Å². The lowest BCUT2D eigenvalue weighted by Gasteiger charge is -2.18. The zero-order chi connectivity index (χ0) is 16.0. The first-order valence-corrected chi connectivity index (χ1v) is 6.09. The summed E-state index contributed by atoms with van der Waals surface area (Å²) in [5.74, 6) is 4.34. The molecular weight excluding hydrogens is 279 g/mol. The molecule has 0 radical (unpaired) electrons. The van der Waals surface area contributed by atoms with Gasteiger partial charge in [-0.3, -0.25) is 10.1 Å². The van der Waals surface area contributed by atoms with E-state index < -0.39 is 22.4 Å². The van der Waals surface area contributed by atoms with Crippen molar-refractivity contribution >= 4 is 11.8 Å². The van der Waals surface area contributed by atoms with Crippen LogP contribution < -0.4 is 5.32 Å². The van der Waals surface area contributed by atoms with Crippen molar-refractivity contribution in [2.24, 2.45) is 0 Å². The number of ether oxygens (including phenoxy) is 1. The van der Waals surface area contributed by atoms with Gasteiger partial charge < -0.3 is 10.1 Å². The SMILES string of the molecule is CC(C)(C)OC(=O)NCC#Cc1cc(F)ccc1[N+](=O)[O-]. The van der Waals surface area contributed by atoms with Crippen molar-refractivity contribution in [1.82, 2.24) is 5.32 Å². The lowest BCUT2D eigenvalue weighted by molar-refractivity contribution is -0.385. The molecule has 0 bridgehead atoms. The molecule has 0 saturated carbocycles. The number of nitrogens with one attached hydrogen (secondary N) is 1. The molecule has 21 heavy (non-hydrogen) atoms. The number of carbonyl (C=O) groups excluding carboxylic acids is 1. The first-order chi connectivity index (χ1) is 9.69. The van der Waals surface area contributed by atoms with Crippen molar-refractivity contribution < 1.29 is 18.8 Å². The molecule has 7 heteroatoms. The Labute approximate surface area is 121 Å². The summed E-state index contributed by atoms with van der Waals surface area (Å²) in [4.78, 5) is 21.4. The molecule has 1 aromatic rings. The van der Waals surface area contributed by atoms with Crippen LogP contribution in [-0.4, -0.2) is 23.2 Å². The maximum absolute atomic E-state index is 13.1. The molecule has 112 valence electrons. The molecule has 1 aromatic carbocycles. The number of hydrogen-bond donors (Lipinski definition) is 1. The molecule has 0 unspecified atom stereocenters. The molecule has 0 spiro atoms. The largest absolute Gasteiger partial charge is 0.444 e. The van der Waals surface area contributed by atoms with Crippen LogP contribution >= 0.6 is 0 Å². The summed E-state index contributed by atoms with van der Waals surface area (Å²) in [5.41, 5.74) is -0.967. The second-order valence-electron chi connectivity index (χ2n) is 5.08. The Balaban J connectivity index is 2.69. The monoisotopic (exact) mass is 294 g/mol. The Hall–Kier alpha value is -2.62. The van der Waals surface area contributed by atoms with Crippen LogP contribution in [0.25, 0.3) is 0 Å². The predicted octanol–water partition coefficient (Wildman–Crippen LogP) is 2.61. The summed E-state index contributed by atoms with van der Waals surface area (Å²) >= 11 is 0. The van der Waals surface area contributed by atoms with Crippen LogP contribution in [0.2, 0.25) is 0 Å². The minimum Gasteiger partial charge on any atom is -0.444 e. The van der Waals surface area contributed by atoms with E-state index in [1.165, 1.54) is 0 Å². The Morgan fingerprint density at radius 3 is 2.71 bits per heavy atom. The number of hydrogen-bond acceptors (Lipinski definition) is 4. The number of rotatable bonds is 2. The maximum atomic E-state index is 13.1. The van der Waals surface area contributed by atoms with Crippen molar-refractivity contribution in [3.63, 3.8) is 0 Å². The van der Waals surface area contributed by atoms with Gasteiger partial charge in [0.25, 0.3) is 5.69 Å². The molecule has 0 atom stereocenters. The zero-order valence-electron chi connectivity index (χ0n) is 11.9. The van der Waals surface area contributed by atoms with Crippen LogP contribution in [0.4, 0.5) is 14.9 Å². The quantitative estimate of drug-likeness (QED) is 0.516. The van der Waals surface area contributed by atoms with Crippen molar-refractivity contribution in [3.8, 4) is 11.8 Å². The topological polar surface area (TPSA) is 81.5 Å². The van der Waals surface area contributed by atoms with Crippen LogP contribution in [0, 0.1) is 27.8 Å². The number of nitro benzene ring substituents is 1. The van der Waals surface area contributed by atoms with Crippen LogP contribution in [0.3, 0.4) is 0 Å². The van der Waals surface area contributed by atoms with Gasteiger partial charge in [-0.1, -0.05) is 11.8 Å². The van der Waals surface area contributed by atoms with Gasteiger partial charge in [-0.25, -0.2) is 9.18 Å². The van der Waals surface area contributed by atoms with E-state index in [1.807, 2.05) is 0 Å². The molecule has 0 aromatic heterocycles. The highest BCUT2D eigenvalue weighted by molar-refractivity contribution is 5.68. The van der Waals surface area contributed by atoms with E-state index in [-0.39, 0.29) is 17.8 Å². The lowest BCUT2D eigenvalue weighted by Crippen LogP contribution is -2.32. The van der Waals surface area contributed by atoms with E-state index >= 15 is 0 Å². The summed E-state index contributed by atoms with van der Waals surface area (Å²) in [6, 6.07) is 3.00. The number of alkyl carbamates (subject to hydrolysis) is 1. The highest BCUT2D eigenvalue weighted by Gasteiger charge is 2.15. The summed E-state index contributed by atoms with van der Waals surface area (Å²) in [7, 11) is 0. The fourth-order valence-electron chi connectivity index (χ4n) is 1.34. The van der Waals surface area contributed by atoms with Gasteiger partial charge in [-0.15, -0.1) is 0 Å². The van der Waals surface area contributed by atoms with Crippen molar-refractivity contribution in [2.75, 3.05) is 6.54 Å². The van der Waals surface area contributed by atoms with Crippen LogP contribution in [-0.2, 0) is 4.74 Å². The average Bonchev–Trinajstić information content (AvgIpc) is 2.32. The van der Waals surface area contributed by atoms with Gasteiger partial charge in [0.05, 0.1) is 11.5 Å². The molecular formula is C14H15FN2O4. The number of nitrogens with zero attached hydrogens (tertiary/aromatic N) is 1. The second-order valence-corrected chi connectivity index (χ2v) is 5.08. The molecule has 0 fully saturated rings. The van der Waals surface area contributed by atoms with Gasteiger partial charge in [0, 0.05) is 6.07 Å². The van der Waals surface area contributed by atoms with E-state index in [0.29, 0.717) is 0 Å². The van der Waals surface area contributed by atoms with E-state index in [1.54, 1.807) is 20.8 Å². The van der Waals surface area contributed by atoms with Crippen molar-refractivity contribution in [1.29, 1.82) is 0 Å². The minimum atomic E-state index is -0.648. The third kappa shape index (κ3) is 5.91. The van der Waals surface area contributed by atoms with Gasteiger partial charge >= 0.3 is 6.09 Å². The second kappa shape index (κ2) is 6.70. The van der Waals surface area contributed by atoms with Crippen molar-refractivity contribution in [2.45, 2.75) is 26.4 Å². The normalized spacial score (nSPS) is 10.3. The third-order valence-electron chi connectivity index (χ3n) is 2.10. The van der Waals surface area contributed by atoms with Gasteiger partial charge in [0.1, 0.15) is 17.0 Å². The van der Waals surface area contributed by atoms with Gasteiger partial charge in [-0.05, 0) is 32.9 Å². The first-order valence-electron chi connectivity index (χ1n) is 6.09. The first kappa shape index (κ1) is 16.4. The molecule has 0 aliphatic carbocycles.